The number of rotatable bonds is 5. The van der Waals surface area contributed by atoms with Crippen LogP contribution in [-0.4, -0.2) is 45.9 Å². The van der Waals surface area contributed by atoms with Crippen LogP contribution in [0.5, 0.6) is 0 Å². The molecular weight excluding hydrogens is 358 g/mol. The number of likely N-dealkylation sites (tertiary alicyclic amines) is 1. The van der Waals surface area contributed by atoms with E-state index in [0.717, 1.165) is 31.2 Å². The lowest BCUT2D eigenvalue weighted by molar-refractivity contribution is -0.163. The molecule has 3 rings (SSSR count). The Kier molecular flexibility index (Phi) is 6.65. The van der Waals surface area contributed by atoms with Crippen LogP contribution in [0.1, 0.15) is 56.9 Å². The van der Waals surface area contributed by atoms with Crippen LogP contribution in [0.3, 0.4) is 0 Å². The van der Waals surface area contributed by atoms with Crippen LogP contribution in [-0.2, 0) is 20.9 Å². The molecule has 7 nitrogen and oxygen atoms in total. The molecule has 2 N–H and O–H groups in total. The van der Waals surface area contributed by atoms with E-state index in [-0.39, 0.29) is 17.7 Å². The highest BCUT2D eigenvalue weighted by molar-refractivity contribution is 6.02. The number of nitrogens with one attached hydrogen (secondary N) is 1. The first-order valence-electron chi connectivity index (χ1n) is 10.2. The second-order valence-corrected chi connectivity index (χ2v) is 7.95. The lowest BCUT2D eigenvalue weighted by atomic mass is 9.78. The van der Waals surface area contributed by atoms with E-state index in [9.17, 15) is 19.5 Å². The highest BCUT2D eigenvalue weighted by Gasteiger charge is 2.48. The molecule has 1 saturated carbocycles. The van der Waals surface area contributed by atoms with Crippen LogP contribution in [0.2, 0.25) is 0 Å². The Bertz CT molecular complexity index is 691. The van der Waals surface area contributed by atoms with Crippen LogP contribution >= 0.6 is 0 Å². The molecule has 1 aliphatic carbocycles. The number of carbonyl (C=O) groups is 3. The summed E-state index contributed by atoms with van der Waals surface area (Å²) >= 11 is 0. The SMILES string of the molecule is O=C(NCc1cccnc1)C1CCN(C(=O)C2(C(=O)O)CCCCCC2)CC1. The summed E-state index contributed by atoms with van der Waals surface area (Å²) in [5.74, 6) is -1.40. The topological polar surface area (TPSA) is 99.6 Å². The van der Waals surface area contributed by atoms with Gasteiger partial charge in [0.2, 0.25) is 11.8 Å². The first kappa shape index (κ1) is 20.3. The van der Waals surface area contributed by atoms with Gasteiger partial charge >= 0.3 is 5.97 Å². The molecule has 2 aliphatic rings. The van der Waals surface area contributed by atoms with Crippen molar-refractivity contribution in [3.05, 3.63) is 30.1 Å². The van der Waals surface area contributed by atoms with E-state index in [0.29, 0.717) is 45.3 Å². The number of carbonyl (C=O) groups excluding carboxylic acids is 2. The molecule has 7 heteroatoms. The molecular formula is C21H29N3O4. The summed E-state index contributed by atoms with van der Waals surface area (Å²) in [5.41, 5.74) is -0.327. The van der Waals surface area contributed by atoms with Gasteiger partial charge in [-0.15, -0.1) is 0 Å². The van der Waals surface area contributed by atoms with E-state index < -0.39 is 11.4 Å². The average molecular weight is 387 g/mol. The number of piperidine rings is 1. The van der Waals surface area contributed by atoms with Gasteiger partial charge in [0.25, 0.3) is 0 Å². The third-order valence-corrected chi connectivity index (χ3v) is 6.12. The summed E-state index contributed by atoms with van der Waals surface area (Å²) in [6.07, 6.45) is 8.94. The predicted molar refractivity (Wildman–Crippen MR) is 103 cm³/mol. The van der Waals surface area contributed by atoms with Crippen molar-refractivity contribution in [2.75, 3.05) is 13.1 Å². The lowest BCUT2D eigenvalue weighted by Gasteiger charge is -2.37. The fourth-order valence-corrected chi connectivity index (χ4v) is 4.33. The molecule has 2 heterocycles. The van der Waals surface area contributed by atoms with Gasteiger partial charge in [0.1, 0.15) is 5.41 Å². The fourth-order valence-electron chi connectivity index (χ4n) is 4.33. The first-order chi connectivity index (χ1) is 13.5. The normalized spacial score (nSPS) is 20.2. The van der Waals surface area contributed by atoms with Crippen LogP contribution in [0, 0.1) is 11.3 Å². The molecule has 1 aliphatic heterocycles. The molecule has 2 amide bonds. The van der Waals surface area contributed by atoms with Crippen molar-refractivity contribution in [1.82, 2.24) is 15.2 Å². The van der Waals surface area contributed by atoms with Crippen molar-refractivity contribution in [1.29, 1.82) is 0 Å². The Labute approximate surface area is 165 Å². The summed E-state index contributed by atoms with van der Waals surface area (Å²) in [7, 11) is 0. The van der Waals surface area contributed by atoms with Gasteiger partial charge in [-0.1, -0.05) is 31.7 Å². The minimum atomic E-state index is -1.27. The van der Waals surface area contributed by atoms with Gasteiger partial charge in [-0.05, 0) is 37.3 Å². The Morgan fingerprint density at radius 2 is 1.82 bits per heavy atom. The monoisotopic (exact) mass is 387 g/mol. The van der Waals surface area contributed by atoms with Gasteiger partial charge in [0, 0.05) is 37.9 Å². The van der Waals surface area contributed by atoms with E-state index in [1.165, 1.54) is 0 Å². The predicted octanol–water partition coefficient (Wildman–Crippen LogP) is 2.36. The number of hydrogen-bond acceptors (Lipinski definition) is 4. The smallest absolute Gasteiger partial charge is 0.319 e. The molecule has 0 radical (unpaired) electrons. The lowest BCUT2D eigenvalue weighted by Crippen LogP contribution is -2.52. The van der Waals surface area contributed by atoms with Crippen molar-refractivity contribution >= 4 is 17.8 Å². The zero-order valence-corrected chi connectivity index (χ0v) is 16.2. The summed E-state index contributed by atoms with van der Waals surface area (Å²) in [4.78, 5) is 43.2. The molecule has 0 bridgehead atoms. The van der Waals surface area contributed by atoms with Crippen LogP contribution in [0.15, 0.2) is 24.5 Å². The molecule has 0 unspecified atom stereocenters. The standard InChI is InChI=1S/C21H29N3O4/c25-18(23-15-16-6-5-11-22-14-16)17-7-12-24(13-8-17)19(26)21(20(27)28)9-3-1-2-4-10-21/h5-6,11,14,17H,1-4,7-10,12-13,15H2,(H,23,25)(H,27,28). The fraction of sp³-hybridized carbons (Fsp3) is 0.619. The number of carboxylic acids is 1. The quantitative estimate of drug-likeness (QED) is 0.597. The van der Waals surface area contributed by atoms with Gasteiger partial charge in [0.05, 0.1) is 0 Å². The van der Waals surface area contributed by atoms with Gasteiger partial charge in [0.15, 0.2) is 0 Å². The van der Waals surface area contributed by atoms with E-state index in [2.05, 4.69) is 10.3 Å². The van der Waals surface area contributed by atoms with E-state index in [1.807, 2.05) is 12.1 Å². The summed E-state index contributed by atoms with van der Waals surface area (Å²) in [6.45, 7) is 1.33. The van der Waals surface area contributed by atoms with Gasteiger partial charge < -0.3 is 15.3 Å². The van der Waals surface area contributed by atoms with E-state index in [4.69, 9.17) is 0 Å². The van der Waals surface area contributed by atoms with E-state index in [1.54, 1.807) is 17.3 Å². The van der Waals surface area contributed by atoms with Crippen molar-refractivity contribution in [2.45, 2.75) is 57.9 Å². The number of hydrogen-bond donors (Lipinski definition) is 2. The Balaban J connectivity index is 1.54. The average Bonchev–Trinajstić information content (AvgIpc) is 2.99. The van der Waals surface area contributed by atoms with Crippen molar-refractivity contribution < 1.29 is 19.5 Å². The minimum Gasteiger partial charge on any atom is -0.480 e. The molecule has 0 spiro atoms. The number of carboxylic acid groups (broad SMARTS) is 1. The summed E-state index contributed by atoms with van der Waals surface area (Å²) in [6, 6.07) is 3.74. The molecule has 1 aromatic heterocycles. The zero-order chi connectivity index (χ0) is 20.0. The number of aromatic nitrogens is 1. The van der Waals surface area contributed by atoms with Crippen molar-refractivity contribution in [3.8, 4) is 0 Å². The van der Waals surface area contributed by atoms with Gasteiger partial charge in [-0.25, -0.2) is 0 Å². The highest BCUT2D eigenvalue weighted by Crippen LogP contribution is 2.38. The number of aliphatic carboxylic acids is 1. The number of pyridine rings is 1. The van der Waals surface area contributed by atoms with Gasteiger partial charge in [-0.3, -0.25) is 19.4 Å². The van der Waals surface area contributed by atoms with Gasteiger partial charge in [-0.2, -0.15) is 0 Å². The maximum absolute atomic E-state index is 13.1. The van der Waals surface area contributed by atoms with Crippen LogP contribution in [0.4, 0.5) is 0 Å². The van der Waals surface area contributed by atoms with Crippen molar-refractivity contribution in [3.63, 3.8) is 0 Å². The molecule has 0 atom stereocenters. The maximum atomic E-state index is 13.1. The largest absolute Gasteiger partial charge is 0.480 e. The highest BCUT2D eigenvalue weighted by atomic mass is 16.4. The third kappa shape index (κ3) is 4.51. The number of nitrogens with zero attached hydrogens (tertiary/aromatic N) is 2. The zero-order valence-electron chi connectivity index (χ0n) is 16.2. The molecule has 1 saturated heterocycles. The molecule has 152 valence electrons. The molecule has 28 heavy (non-hydrogen) atoms. The Morgan fingerprint density at radius 1 is 1.14 bits per heavy atom. The van der Waals surface area contributed by atoms with E-state index >= 15 is 0 Å². The molecule has 0 aromatic carbocycles. The Hall–Kier alpha value is -2.44. The van der Waals surface area contributed by atoms with Crippen LogP contribution < -0.4 is 5.32 Å². The second-order valence-electron chi connectivity index (χ2n) is 7.95. The third-order valence-electron chi connectivity index (χ3n) is 6.12. The van der Waals surface area contributed by atoms with Crippen molar-refractivity contribution in [2.24, 2.45) is 11.3 Å². The maximum Gasteiger partial charge on any atom is 0.319 e. The minimum absolute atomic E-state index is 0.0154. The summed E-state index contributed by atoms with van der Waals surface area (Å²) < 4.78 is 0. The first-order valence-corrected chi connectivity index (χ1v) is 10.2. The number of amides is 2. The molecule has 2 fully saturated rings. The van der Waals surface area contributed by atoms with Crippen LogP contribution in [0.25, 0.3) is 0 Å². The second kappa shape index (κ2) is 9.17. The Morgan fingerprint density at radius 3 is 2.39 bits per heavy atom. The summed E-state index contributed by atoms with van der Waals surface area (Å²) in [5, 5.41) is 12.8. The molecule has 1 aromatic rings.